The Hall–Kier alpha value is -1.53. The number of oxazole rings is 1. The lowest BCUT2D eigenvalue weighted by molar-refractivity contribution is -0.118. The average molecular weight is 294 g/mol. The van der Waals surface area contributed by atoms with Gasteiger partial charge in [0, 0.05) is 6.54 Å². The number of rotatable bonds is 7. The lowest BCUT2D eigenvalue weighted by atomic mass is 10.2. The lowest BCUT2D eigenvalue weighted by Crippen LogP contribution is -2.28. The second-order valence-corrected chi connectivity index (χ2v) is 5.36. The predicted octanol–water partition coefficient (Wildman–Crippen LogP) is 2.20. The molecule has 0 saturated carbocycles. The third kappa shape index (κ3) is 4.25. The smallest absolute Gasteiger partial charge is 0.257 e. The van der Waals surface area contributed by atoms with Crippen LogP contribution in [-0.4, -0.2) is 34.4 Å². The molecule has 6 heteroatoms. The van der Waals surface area contributed by atoms with Gasteiger partial charge in [0.05, 0.1) is 11.9 Å². The molecule has 108 valence electrons. The number of carbonyl (C=O) groups excluding carboxylic acids is 1. The Morgan fingerprint density at radius 1 is 1.50 bits per heavy atom. The molecule has 2 N–H and O–H groups in total. The van der Waals surface area contributed by atoms with Crippen molar-refractivity contribution >= 4 is 28.8 Å². The van der Waals surface area contributed by atoms with Gasteiger partial charge in [0.2, 0.25) is 5.91 Å². The highest BCUT2D eigenvalue weighted by atomic mass is 32.2. The lowest BCUT2D eigenvalue weighted by Gasteiger charge is -2.08. The minimum Gasteiger partial charge on any atom is -0.431 e. The van der Waals surface area contributed by atoms with E-state index in [0.717, 1.165) is 11.1 Å². The van der Waals surface area contributed by atoms with Gasteiger partial charge in [-0.05, 0) is 25.0 Å². The number of benzene rings is 1. The van der Waals surface area contributed by atoms with E-state index in [1.807, 2.05) is 31.2 Å². The molecule has 0 aliphatic heterocycles. The average Bonchev–Trinajstić information content (AvgIpc) is 2.87. The largest absolute Gasteiger partial charge is 0.431 e. The minimum atomic E-state index is -0.347. The Morgan fingerprint density at radius 3 is 3.05 bits per heavy atom. The molecule has 1 heterocycles. The first-order valence-electron chi connectivity index (χ1n) is 6.62. The van der Waals surface area contributed by atoms with Crippen molar-refractivity contribution in [3.63, 3.8) is 0 Å². The number of aliphatic hydroxyl groups is 1. The van der Waals surface area contributed by atoms with Gasteiger partial charge in [0.15, 0.2) is 5.58 Å². The Bertz CT molecular complexity index is 537. The molecule has 0 aliphatic carbocycles. The van der Waals surface area contributed by atoms with Gasteiger partial charge in [-0.3, -0.25) is 4.79 Å². The van der Waals surface area contributed by atoms with Gasteiger partial charge in [-0.2, -0.15) is 0 Å². The van der Waals surface area contributed by atoms with E-state index in [1.54, 1.807) is 0 Å². The van der Waals surface area contributed by atoms with Crippen molar-refractivity contribution in [2.45, 2.75) is 31.1 Å². The maximum atomic E-state index is 11.6. The molecule has 20 heavy (non-hydrogen) atoms. The van der Waals surface area contributed by atoms with Crippen LogP contribution in [0.2, 0.25) is 0 Å². The zero-order chi connectivity index (χ0) is 14.4. The molecule has 1 amide bonds. The zero-order valence-corrected chi connectivity index (χ0v) is 12.2. The number of aliphatic hydroxyl groups excluding tert-OH is 1. The number of thioether (sulfide) groups is 1. The first kappa shape index (κ1) is 14.9. The first-order valence-corrected chi connectivity index (χ1v) is 7.60. The van der Waals surface area contributed by atoms with Gasteiger partial charge in [-0.25, -0.2) is 4.98 Å². The van der Waals surface area contributed by atoms with E-state index < -0.39 is 0 Å². The number of aromatic nitrogens is 1. The fraction of sp³-hybridized carbons (Fsp3) is 0.429. The Morgan fingerprint density at radius 2 is 2.30 bits per heavy atom. The van der Waals surface area contributed by atoms with Crippen LogP contribution in [0.4, 0.5) is 0 Å². The highest BCUT2D eigenvalue weighted by Gasteiger charge is 2.09. The third-order valence-corrected chi connectivity index (χ3v) is 3.70. The van der Waals surface area contributed by atoms with Crippen LogP contribution >= 0.6 is 11.8 Å². The van der Waals surface area contributed by atoms with Crippen LogP contribution in [0.1, 0.15) is 19.8 Å². The number of para-hydroxylation sites is 2. The Kier molecular flexibility index (Phi) is 5.43. The van der Waals surface area contributed by atoms with Gasteiger partial charge in [0.1, 0.15) is 5.52 Å². The summed E-state index contributed by atoms with van der Waals surface area (Å²) in [5.74, 6) is 0.176. The quantitative estimate of drug-likeness (QED) is 0.766. The van der Waals surface area contributed by atoms with Gasteiger partial charge >= 0.3 is 0 Å². The molecule has 1 aromatic carbocycles. The van der Waals surface area contributed by atoms with Crippen LogP contribution in [0.3, 0.4) is 0 Å². The molecular weight excluding hydrogens is 276 g/mol. The van der Waals surface area contributed by atoms with Crippen LogP contribution < -0.4 is 5.32 Å². The van der Waals surface area contributed by atoms with Crippen molar-refractivity contribution in [2.24, 2.45) is 0 Å². The van der Waals surface area contributed by atoms with Crippen LogP contribution in [0, 0.1) is 0 Å². The minimum absolute atomic E-state index is 0.0828. The second-order valence-electron chi connectivity index (χ2n) is 4.44. The van der Waals surface area contributed by atoms with Gasteiger partial charge in [-0.15, -0.1) is 0 Å². The maximum absolute atomic E-state index is 11.6. The number of nitrogens with zero attached hydrogens (tertiary/aromatic N) is 1. The predicted molar refractivity (Wildman–Crippen MR) is 78.7 cm³/mol. The number of hydrogen-bond acceptors (Lipinski definition) is 5. The van der Waals surface area contributed by atoms with Crippen LogP contribution in [0.5, 0.6) is 0 Å². The molecule has 1 unspecified atom stereocenters. The molecule has 2 rings (SSSR count). The summed E-state index contributed by atoms with van der Waals surface area (Å²) in [6.07, 6.45) is 0.934. The van der Waals surface area contributed by atoms with Crippen molar-refractivity contribution < 1.29 is 14.3 Å². The van der Waals surface area contributed by atoms with Crippen molar-refractivity contribution in [2.75, 3.05) is 12.3 Å². The summed E-state index contributed by atoms with van der Waals surface area (Å²) >= 11 is 1.27. The second kappa shape index (κ2) is 7.31. The molecule has 2 aromatic rings. The normalized spacial score (nSPS) is 12.5. The van der Waals surface area contributed by atoms with Gasteiger partial charge in [0.25, 0.3) is 5.22 Å². The number of nitrogens with one attached hydrogen (secondary N) is 1. The monoisotopic (exact) mass is 294 g/mol. The van der Waals surface area contributed by atoms with E-state index in [1.165, 1.54) is 11.8 Å². The molecule has 0 bridgehead atoms. The van der Waals surface area contributed by atoms with E-state index in [4.69, 9.17) is 4.42 Å². The summed E-state index contributed by atoms with van der Waals surface area (Å²) in [5, 5.41) is 12.6. The van der Waals surface area contributed by atoms with Gasteiger partial charge < -0.3 is 14.8 Å². The fourth-order valence-corrected chi connectivity index (χ4v) is 2.34. The Labute approximate surface area is 121 Å². The summed E-state index contributed by atoms with van der Waals surface area (Å²) in [7, 11) is 0. The summed E-state index contributed by atoms with van der Waals surface area (Å²) in [6, 6.07) is 7.49. The highest BCUT2D eigenvalue weighted by Crippen LogP contribution is 2.22. The molecule has 5 nitrogen and oxygen atoms in total. The molecule has 0 fully saturated rings. The molecule has 0 saturated heterocycles. The van der Waals surface area contributed by atoms with Crippen LogP contribution in [0.25, 0.3) is 11.1 Å². The number of carbonyl (C=O) groups is 1. The third-order valence-electron chi connectivity index (χ3n) is 2.87. The summed E-state index contributed by atoms with van der Waals surface area (Å²) in [4.78, 5) is 15.9. The van der Waals surface area contributed by atoms with E-state index in [9.17, 15) is 9.90 Å². The van der Waals surface area contributed by atoms with Crippen molar-refractivity contribution in [3.05, 3.63) is 24.3 Å². The summed E-state index contributed by atoms with van der Waals surface area (Å²) < 4.78 is 5.51. The van der Waals surface area contributed by atoms with Crippen molar-refractivity contribution in [1.29, 1.82) is 0 Å². The summed E-state index contributed by atoms with van der Waals surface area (Å²) in [6.45, 7) is 2.40. The molecule has 1 aromatic heterocycles. The molecule has 0 spiro atoms. The topological polar surface area (TPSA) is 75.4 Å². The van der Waals surface area contributed by atoms with Crippen molar-refractivity contribution in [1.82, 2.24) is 10.3 Å². The molecular formula is C14H18N2O3S. The summed E-state index contributed by atoms with van der Waals surface area (Å²) in [5.41, 5.74) is 1.52. The SMILES string of the molecule is CCC(O)CCNC(=O)CSc1nc2ccccc2o1. The number of amides is 1. The van der Waals surface area contributed by atoms with E-state index in [0.29, 0.717) is 24.6 Å². The highest BCUT2D eigenvalue weighted by molar-refractivity contribution is 7.99. The first-order chi connectivity index (χ1) is 9.69. The number of fused-ring (bicyclic) bond motifs is 1. The molecule has 1 atom stereocenters. The fourth-order valence-electron chi connectivity index (χ4n) is 1.67. The van der Waals surface area contributed by atoms with E-state index >= 15 is 0 Å². The van der Waals surface area contributed by atoms with E-state index in [2.05, 4.69) is 10.3 Å². The molecule has 0 aliphatic rings. The maximum Gasteiger partial charge on any atom is 0.257 e. The van der Waals surface area contributed by atoms with E-state index in [-0.39, 0.29) is 17.8 Å². The van der Waals surface area contributed by atoms with Crippen LogP contribution in [-0.2, 0) is 4.79 Å². The van der Waals surface area contributed by atoms with Crippen LogP contribution in [0.15, 0.2) is 33.9 Å². The number of hydrogen-bond donors (Lipinski definition) is 2. The Balaban J connectivity index is 1.75. The van der Waals surface area contributed by atoms with Gasteiger partial charge in [-0.1, -0.05) is 30.8 Å². The van der Waals surface area contributed by atoms with Crippen molar-refractivity contribution in [3.8, 4) is 0 Å². The molecule has 0 radical (unpaired) electrons. The zero-order valence-electron chi connectivity index (χ0n) is 11.3. The standard InChI is InChI=1S/C14H18N2O3S/c1-2-10(17)7-8-15-13(18)9-20-14-16-11-5-3-4-6-12(11)19-14/h3-6,10,17H,2,7-9H2,1H3,(H,15,18).